The zero-order chi connectivity index (χ0) is 18.1. The molecule has 1 atom stereocenters. The summed E-state index contributed by atoms with van der Waals surface area (Å²) >= 11 is 0. The summed E-state index contributed by atoms with van der Waals surface area (Å²) in [5.41, 5.74) is 1.92. The van der Waals surface area contributed by atoms with Crippen LogP contribution >= 0.6 is 0 Å². The number of ether oxygens (including phenoxy) is 1. The maximum atomic E-state index is 5.87. The number of para-hydroxylation sites is 1. The summed E-state index contributed by atoms with van der Waals surface area (Å²) in [6.45, 7) is 1.45. The first kappa shape index (κ1) is 15.7. The molecular formula is C19H17N7O. The first-order valence-corrected chi connectivity index (χ1v) is 8.79. The van der Waals surface area contributed by atoms with Crippen LogP contribution in [0.4, 0.5) is 5.82 Å². The van der Waals surface area contributed by atoms with E-state index in [-0.39, 0.29) is 0 Å². The summed E-state index contributed by atoms with van der Waals surface area (Å²) in [6.07, 6.45) is 7.60. The average Bonchev–Trinajstić information content (AvgIpc) is 3.17. The Morgan fingerprint density at radius 2 is 1.96 bits per heavy atom. The summed E-state index contributed by atoms with van der Waals surface area (Å²) in [4.78, 5) is 17.2. The lowest BCUT2D eigenvalue weighted by molar-refractivity contribution is 0.229. The SMILES string of the molecule is c1cnc(-n2ncc3c(NCC4COc5ccccc5C4)ncnc32)nc1. The second kappa shape index (κ2) is 6.64. The molecule has 0 fully saturated rings. The van der Waals surface area contributed by atoms with Crippen molar-refractivity contribution in [1.29, 1.82) is 0 Å². The van der Waals surface area contributed by atoms with Crippen LogP contribution in [0.2, 0.25) is 0 Å². The van der Waals surface area contributed by atoms with E-state index in [1.807, 2.05) is 18.2 Å². The standard InChI is InChI=1S/C19H17N7O/c1-2-5-16-14(4-1)8-13(11-27-16)9-22-17-15-10-25-26(18(15)24-12-23-17)19-20-6-3-7-21-19/h1-7,10,12-13H,8-9,11H2,(H,22,23,24). The van der Waals surface area contributed by atoms with Crippen LogP contribution in [0.25, 0.3) is 17.0 Å². The molecule has 4 aromatic rings. The molecule has 1 aromatic carbocycles. The van der Waals surface area contributed by atoms with E-state index in [9.17, 15) is 0 Å². The van der Waals surface area contributed by atoms with E-state index in [4.69, 9.17) is 4.74 Å². The normalized spacial score (nSPS) is 15.9. The van der Waals surface area contributed by atoms with Gasteiger partial charge in [0.15, 0.2) is 5.65 Å². The molecule has 27 heavy (non-hydrogen) atoms. The second-order valence-corrected chi connectivity index (χ2v) is 6.43. The molecule has 0 spiro atoms. The van der Waals surface area contributed by atoms with Crippen LogP contribution in [-0.4, -0.2) is 42.9 Å². The number of benzene rings is 1. The minimum atomic E-state index is 0.373. The van der Waals surface area contributed by atoms with E-state index in [0.29, 0.717) is 24.1 Å². The van der Waals surface area contributed by atoms with Crippen molar-refractivity contribution in [2.45, 2.75) is 6.42 Å². The number of nitrogens with zero attached hydrogens (tertiary/aromatic N) is 6. The largest absolute Gasteiger partial charge is 0.493 e. The Morgan fingerprint density at radius 1 is 1.07 bits per heavy atom. The number of anilines is 1. The number of rotatable bonds is 4. The third-order valence-corrected chi connectivity index (χ3v) is 4.62. The molecule has 0 saturated heterocycles. The predicted octanol–water partition coefficient (Wildman–Crippen LogP) is 2.27. The van der Waals surface area contributed by atoms with Crippen molar-refractivity contribution in [1.82, 2.24) is 29.7 Å². The summed E-state index contributed by atoms with van der Waals surface area (Å²) in [5.74, 6) is 2.59. The Hall–Kier alpha value is -3.55. The first-order chi connectivity index (χ1) is 13.4. The van der Waals surface area contributed by atoms with Crippen LogP contribution in [0.5, 0.6) is 5.75 Å². The van der Waals surface area contributed by atoms with Gasteiger partial charge in [-0.15, -0.1) is 0 Å². The van der Waals surface area contributed by atoms with Crippen LogP contribution in [0, 0.1) is 5.92 Å². The molecule has 8 heteroatoms. The quantitative estimate of drug-likeness (QED) is 0.598. The van der Waals surface area contributed by atoms with E-state index in [0.717, 1.165) is 29.9 Å². The monoisotopic (exact) mass is 359 g/mol. The van der Waals surface area contributed by atoms with Gasteiger partial charge >= 0.3 is 0 Å². The van der Waals surface area contributed by atoms with Crippen molar-refractivity contribution in [3.63, 3.8) is 0 Å². The number of nitrogens with one attached hydrogen (secondary N) is 1. The van der Waals surface area contributed by atoms with E-state index in [1.54, 1.807) is 29.3 Å². The number of fused-ring (bicyclic) bond motifs is 2. The highest BCUT2D eigenvalue weighted by molar-refractivity contribution is 5.86. The Labute approximate surface area is 155 Å². The third kappa shape index (κ3) is 2.95. The van der Waals surface area contributed by atoms with Gasteiger partial charge in [0.05, 0.1) is 18.2 Å². The highest BCUT2D eigenvalue weighted by atomic mass is 16.5. The van der Waals surface area contributed by atoms with Crippen molar-refractivity contribution in [3.05, 3.63) is 60.8 Å². The molecule has 0 saturated carbocycles. The van der Waals surface area contributed by atoms with E-state index < -0.39 is 0 Å². The number of aromatic nitrogens is 6. The van der Waals surface area contributed by atoms with Gasteiger partial charge in [-0.05, 0) is 24.1 Å². The Balaban J connectivity index is 1.36. The number of hydrogen-bond donors (Lipinski definition) is 1. The molecule has 0 bridgehead atoms. The van der Waals surface area contributed by atoms with Crippen LogP contribution < -0.4 is 10.1 Å². The van der Waals surface area contributed by atoms with Crippen LogP contribution in [0.3, 0.4) is 0 Å². The molecular weight excluding hydrogens is 342 g/mol. The summed E-state index contributed by atoms with van der Waals surface area (Å²) < 4.78 is 7.48. The molecule has 1 aliphatic heterocycles. The summed E-state index contributed by atoms with van der Waals surface area (Å²) in [7, 11) is 0. The predicted molar refractivity (Wildman–Crippen MR) is 99.9 cm³/mol. The molecule has 4 heterocycles. The molecule has 0 radical (unpaired) electrons. The molecule has 3 aromatic heterocycles. The fraction of sp³-hybridized carbons (Fsp3) is 0.211. The zero-order valence-corrected chi connectivity index (χ0v) is 14.5. The van der Waals surface area contributed by atoms with Gasteiger partial charge in [-0.1, -0.05) is 18.2 Å². The molecule has 8 nitrogen and oxygen atoms in total. The Bertz CT molecular complexity index is 1080. The molecule has 5 rings (SSSR count). The lowest BCUT2D eigenvalue weighted by Gasteiger charge is -2.25. The smallest absolute Gasteiger partial charge is 0.252 e. The maximum absolute atomic E-state index is 5.87. The average molecular weight is 359 g/mol. The number of hydrogen-bond acceptors (Lipinski definition) is 7. The van der Waals surface area contributed by atoms with Crippen molar-refractivity contribution in [2.75, 3.05) is 18.5 Å². The molecule has 1 unspecified atom stereocenters. The molecule has 134 valence electrons. The van der Waals surface area contributed by atoms with Gasteiger partial charge in [-0.2, -0.15) is 9.78 Å². The van der Waals surface area contributed by atoms with Gasteiger partial charge in [0, 0.05) is 24.9 Å². The summed E-state index contributed by atoms with van der Waals surface area (Å²) in [5, 5.41) is 8.64. The molecule has 1 aliphatic rings. The molecule has 0 amide bonds. The zero-order valence-electron chi connectivity index (χ0n) is 14.5. The van der Waals surface area contributed by atoms with Gasteiger partial charge in [-0.25, -0.2) is 19.9 Å². The summed E-state index contributed by atoms with van der Waals surface area (Å²) in [6, 6.07) is 9.96. The van der Waals surface area contributed by atoms with Crippen molar-refractivity contribution < 1.29 is 4.74 Å². The van der Waals surface area contributed by atoms with Crippen LogP contribution in [-0.2, 0) is 6.42 Å². The van der Waals surface area contributed by atoms with Gasteiger partial charge in [0.2, 0.25) is 0 Å². The van der Waals surface area contributed by atoms with Gasteiger partial charge in [-0.3, -0.25) is 0 Å². The lowest BCUT2D eigenvalue weighted by atomic mass is 9.97. The second-order valence-electron chi connectivity index (χ2n) is 6.43. The molecule has 1 N–H and O–H groups in total. The van der Waals surface area contributed by atoms with Gasteiger partial charge < -0.3 is 10.1 Å². The van der Waals surface area contributed by atoms with Crippen LogP contribution in [0.15, 0.2) is 55.2 Å². The Morgan fingerprint density at radius 3 is 2.89 bits per heavy atom. The van der Waals surface area contributed by atoms with Crippen molar-refractivity contribution in [2.24, 2.45) is 5.92 Å². The van der Waals surface area contributed by atoms with E-state index in [1.165, 1.54) is 11.9 Å². The third-order valence-electron chi connectivity index (χ3n) is 4.62. The minimum absolute atomic E-state index is 0.373. The maximum Gasteiger partial charge on any atom is 0.252 e. The van der Waals surface area contributed by atoms with Gasteiger partial charge in [0.25, 0.3) is 5.95 Å². The topological polar surface area (TPSA) is 90.6 Å². The Kier molecular flexibility index (Phi) is 3.86. The minimum Gasteiger partial charge on any atom is -0.493 e. The first-order valence-electron chi connectivity index (χ1n) is 8.79. The van der Waals surface area contributed by atoms with E-state index in [2.05, 4.69) is 36.4 Å². The highest BCUT2D eigenvalue weighted by Gasteiger charge is 2.20. The van der Waals surface area contributed by atoms with Crippen molar-refractivity contribution in [3.8, 4) is 11.7 Å². The van der Waals surface area contributed by atoms with Crippen LogP contribution in [0.1, 0.15) is 5.56 Å². The molecule has 0 aliphatic carbocycles. The van der Waals surface area contributed by atoms with E-state index >= 15 is 0 Å². The van der Waals surface area contributed by atoms with Crippen molar-refractivity contribution >= 4 is 16.9 Å². The fourth-order valence-electron chi connectivity index (χ4n) is 3.29. The highest BCUT2D eigenvalue weighted by Crippen LogP contribution is 2.27. The van der Waals surface area contributed by atoms with Gasteiger partial charge in [0.1, 0.15) is 17.9 Å². The lowest BCUT2D eigenvalue weighted by Crippen LogP contribution is -2.27. The fourth-order valence-corrected chi connectivity index (χ4v) is 3.29.